The van der Waals surface area contributed by atoms with Crippen LogP contribution in [0.3, 0.4) is 0 Å². The van der Waals surface area contributed by atoms with E-state index in [1.807, 2.05) is 0 Å². The Bertz CT molecular complexity index is 931. The molecular weight excluding hydrogens is 451 g/mol. The molecule has 2 unspecified atom stereocenters. The number of esters is 2. The summed E-state index contributed by atoms with van der Waals surface area (Å²) in [5.74, 6) is -2.54. The molecule has 1 aromatic rings. The lowest BCUT2D eigenvalue weighted by Gasteiger charge is -2.29. The summed E-state index contributed by atoms with van der Waals surface area (Å²) >= 11 is 6.14. The molecule has 0 amide bonds. The summed E-state index contributed by atoms with van der Waals surface area (Å²) in [7, 11) is 0. The first-order chi connectivity index (χ1) is 14.3. The second-order valence-corrected chi connectivity index (χ2v) is 6.83. The number of halogens is 4. The van der Waals surface area contributed by atoms with Gasteiger partial charge in [0.2, 0.25) is 12.4 Å². The van der Waals surface area contributed by atoms with E-state index < -0.39 is 54.2 Å². The Labute approximate surface area is 178 Å². The minimum absolute atomic E-state index is 0.0939. The molecule has 0 bridgehead atoms. The van der Waals surface area contributed by atoms with Crippen molar-refractivity contribution < 1.29 is 46.9 Å². The minimum Gasteiger partial charge on any atom is -0.475 e. The molecule has 0 saturated heterocycles. The van der Waals surface area contributed by atoms with E-state index >= 15 is 0 Å². The average molecular weight is 468 g/mol. The van der Waals surface area contributed by atoms with Gasteiger partial charge in [-0.05, 0) is 37.1 Å². The molecule has 31 heavy (non-hydrogen) atoms. The van der Waals surface area contributed by atoms with E-state index in [-0.39, 0.29) is 11.3 Å². The van der Waals surface area contributed by atoms with Crippen LogP contribution >= 0.6 is 11.6 Å². The molecular formula is C18H17ClF3NO8. The molecule has 1 aliphatic heterocycles. The Morgan fingerprint density at radius 2 is 1.97 bits per heavy atom. The van der Waals surface area contributed by atoms with Crippen molar-refractivity contribution in [3.8, 4) is 5.75 Å². The fourth-order valence-corrected chi connectivity index (χ4v) is 2.89. The maximum Gasteiger partial charge on any atom is 0.430 e. The lowest BCUT2D eigenvalue weighted by Crippen LogP contribution is -2.41. The zero-order valence-corrected chi connectivity index (χ0v) is 17.2. The predicted molar refractivity (Wildman–Crippen MR) is 98.6 cm³/mol. The molecule has 170 valence electrons. The third-order valence-electron chi connectivity index (χ3n) is 4.13. The molecule has 1 heterocycles. The third kappa shape index (κ3) is 6.00. The van der Waals surface area contributed by atoms with Gasteiger partial charge >= 0.3 is 18.1 Å². The van der Waals surface area contributed by atoms with E-state index in [0.29, 0.717) is 16.1 Å². The second-order valence-electron chi connectivity index (χ2n) is 6.45. The van der Waals surface area contributed by atoms with Gasteiger partial charge in [0.1, 0.15) is 12.4 Å². The zero-order valence-electron chi connectivity index (χ0n) is 16.4. The highest BCUT2D eigenvalue weighted by Crippen LogP contribution is 2.41. The van der Waals surface area contributed by atoms with E-state index in [1.165, 1.54) is 6.07 Å². The number of nitrogens with zero attached hydrogens (tertiary/aromatic N) is 1. The highest BCUT2D eigenvalue weighted by atomic mass is 35.5. The summed E-state index contributed by atoms with van der Waals surface area (Å²) in [5, 5.41) is 9.22. The molecule has 1 aromatic carbocycles. The highest BCUT2D eigenvalue weighted by molar-refractivity contribution is 6.32. The van der Waals surface area contributed by atoms with Gasteiger partial charge in [0.05, 0.1) is 12.0 Å². The summed E-state index contributed by atoms with van der Waals surface area (Å²) in [5.41, 5.74) is 0.236. The van der Waals surface area contributed by atoms with E-state index in [9.17, 15) is 32.9 Å². The molecule has 0 radical (unpaired) electrons. The van der Waals surface area contributed by atoms with Crippen molar-refractivity contribution >= 4 is 29.6 Å². The van der Waals surface area contributed by atoms with Crippen LogP contribution in [0.25, 0.3) is 6.08 Å². The van der Waals surface area contributed by atoms with E-state index in [4.69, 9.17) is 21.1 Å². The number of benzene rings is 1. The van der Waals surface area contributed by atoms with Crippen molar-refractivity contribution in [3.05, 3.63) is 43.5 Å². The van der Waals surface area contributed by atoms with Gasteiger partial charge in [-0.1, -0.05) is 11.6 Å². The quantitative estimate of drug-likeness (QED) is 0.258. The van der Waals surface area contributed by atoms with Crippen molar-refractivity contribution in [2.45, 2.75) is 45.8 Å². The topological polar surface area (TPSA) is 114 Å². The third-order valence-corrected chi connectivity index (χ3v) is 4.71. The lowest BCUT2D eigenvalue weighted by atomic mass is 9.96. The van der Waals surface area contributed by atoms with Crippen LogP contribution in [0.1, 0.15) is 30.0 Å². The maximum absolute atomic E-state index is 13.5. The molecule has 13 heteroatoms. The van der Waals surface area contributed by atoms with Gasteiger partial charge in [0.15, 0.2) is 0 Å². The van der Waals surface area contributed by atoms with Gasteiger partial charge in [-0.3, -0.25) is 4.79 Å². The van der Waals surface area contributed by atoms with Crippen molar-refractivity contribution in [1.29, 1.82) is 0 Å². The van der Waals surface area contributed by atoms with Crippen molar-refractivity contribution in [1.82, 2.24) is 0 Å². The number of hydrogen-bond donors (Lipinski definition) is 0. The van der Waals surface area contributed by atoms with Gasteiger partial charge in [0, 0.05) is 17.5 Å². The minimum atomic E-state index is -4.94. The van der Waals surface area contributed by atoms with Crippen LogP contribution in [0.2, 0.25) is 5.02 Å². The van der Waals surface area contributed by atoms with Crippen molar-refractivity contribution in [2.75, 3.05) is 6.61 Å². The number of carbonyl (C=O) groups is 2. The number of aryl methyl sites for hydroxylation is 1. The fourth-order valence-electron chi connectivity index (χ4n) is 2.73. The summed E-state index contributed by atoms with van der Waals surface area (Å²) in [6, 6.07) is 1.33. The number of fused-ring (bicyclic) bond motifs is 1. The summed E-state index contributed by atoms with van der Waals surface area (Å²) in [6.45, 7) is 3.65. The molecule has 0 saturated carbocycles. The molecule has 2 atom stereocenters. The number of alkyl halides is 3. The number of rotatable bonds is 7. The summed E-state index contributed by atoms with van der Waals surface area (Å²) < 4.78 is 55.1. The summed E-state index contributed by atoms with van der Waals surface area (Å²) in [4.78, 5) is 37.9. The average Bonchev–Trinajstić information content (AvgIpc) is 2.64. The molecule has 9 nitrogen and oxygen atoms in total. The van der Waals surface area contributed by atoms with Gasteiger partial charge in [0.25, 0.3) is 5.09 Å². The Morgan fingerprint density at radius 1 is 1.32 bits per heavy atom. The Kier molecular flexibility index (Phi) is 7.37. The normalized spacial score (nSPS) is 16.4. The lowest BCUT2D eigenvalue weighted by molar-refractivity contribution is -0.757. The van der Waals surface area contributed by atoms with Gasteiger partial charge in [-0.25, -0.2) is 4.79 Å². The molecule has 0 N–H and O–H groups in total. The smallest absolute Gasteiger partial charge is 0.430 e. The van der Waals surface area contributed by atoms with Crippen LogP contribution < -0.4 is 4.74 Å². The predicted octanol–water partition coefficient (Wildman–Crippen LogP) is 3.69. The van der Waals surface area contributed by atoms with Crippen LogP contribution in [0, 0.1) is 24.0 Å². The highest BCUT2D eigenvalue weighted by Gasteiger charge is 2.49. The Balaban J connectivity index is 2.21. The molecule has 0 aromatic heterocycles. The molecule has 1 aliphatic rings. The number of ether oxygens (including phenoxy) is 3. The van der Waals surface area contributed by atoms with Crippen LogP contribution in [0.4, 0.5) is 13.2 Å². The summed E-state index contributed by atoms with van der Waals surface area (Å²) in [6.07, 6.45) is -8.69. The first kappa shape index (κ1) is 24.3. The Hall–Kier alpha value is -3.02. The monoisotopic (exact) mass is 467 g/mol. The van der Waals surface area contributed by atoms with Crippen LogP contribution in [-0.2, 0) is 23.9 Å². The van der Waals surface area contributed by atoms with Crippen molar-refractivity contribution in [3.63, 3.8) is 0 Å². The van der Waals surface area contributed by atoms with Crippen LogP contribution in [0.15, 0.2) is 11.6 Å². The fraction of sp³-hybridized carbons (Fsp3) is 0.444. The molecule has 0 aliphatic carbocycles. The van der Waals surface area contributed by atoms with Gasteiger partial charge in [-0.2, -0.15) is 13.2 Å². The first-order valence-electron chi connectivity index (χ1n) is 8.73. The van der Waals surface area contributed by atoms with Gasteiger partial charge in [-0.15, -0.1) is 10.1 Å². The zero-order chi connectivity index (χ0) is 23.5. The van der Waals surface area contributed by atoms with Crippen LogP contribution in [-0.4, -0.2) is 42.2 Å². The van der Waals surface area contributed by atoms with Crippen LogP contribution in [0.5, 0.6) is 5.75 Å². The Morgan fingerprint density at radius 3 is 2.55 bits per heavy atom. The molecule has 2 rings (SSSR count). The largest absolute Gasteiger partial charge is 0.475 e. The number of hydrogen-bond acceptors (Lipinski definition) is 8. The van der Waals surface area contributed by atoms with E-state index in [2.05, 4.69) is 9.57 Å². The van der Waals surface area contributed by atoms with E-state index in [0.717, 1.165) is 13.0 Å². The second kappa shape index (κ2) is 9.41. The standard InChI is InChI=1S/C18H17ClF3NO8/c1-8-6-13-11(9(2)15(8)19)7-12(16(31-13)18(20,21)22)17(25)30-10(3)29-14(24)4-5-28-23(26)27/h6-7,10,16H,4-5H2,1-3H3. The van der Waals surface area contributed by atoms with Gasteiger partial charge < -0.3 is 19.0 Å². The number of carbonyl (C=O) groups excluding carboxylic acids is 2. The van der Waals surface area contributed by atoms with Crippen molar-refractivity contribution in [2.24, 2.45) is 0 Å². The first-order valence-corrected chi connectivity index (χ1v) is 9.11. The maximum atomic E-state index is 13.5. The molecule has 0 fully saturated rings. The molecule has 0 spiro atoms. The van der Waals surface area contributed by atoms with E-state index in [1.54, 1.807) is 13.8 Å². The SMILES string of the molecule is Cc1cc2c(c(C)c1Cl)C=C(C(=O)OC(C)OC(=O)CCO[N+](=O)[O-])C(C(F)(F)F)O2.